The SMILES string of the molecule is Cc1sc(N=C(N)N)nc1[C@@H]1[C@@H](c2cccc3c2CCC3)C1(C)C. The Bertz CT molecular complexity index is 830. The van der Waals surface area contributed by atoms with Crippen LogP contribution in [0.15, 0.2) is 23.2 Å². The lowest BCUT2D eigenvalue weighted by Crippen LogP contribution is -2.21. The number of hydrogen-bond acceptors (Lipinski definition) is 3. The smallest absolute Gasteiger partial charge is 0.212 e. The number of nitrogens with zero attached hydrogens (tertiary/aromatic N) is 2. The van der Waals surface area contributed by atoms with Crippen LogP contribution >= 0.6 is 11.3 Å². The molecule has 2 aliphatic carbocycles. The van der Waals surface area contributed by atoms with E-state index < -0.39 is 0 Å². The molecular weight excluding hydrogens is 316 g/mol. The largest absolute Gasteiger partial charge is 0.370 e. The van der Waals surface area contributed by atoms with Gasteiger partial charge in [-0.1, -0.05) is 43.4 Å². The fraction of sp³-hybridized carbons (Fsp3) is 0.474. The molecule has 0 spiro atoms. The van der Waals surface area contributed by atoms with E-state index in [1.54, 1.807) is 22.5 Å². The van der Waals surface area contributed by atoms with Gasteiger partial charge in [0, 0.05) is 10.8 Å². The monoisotopic (exact) mass is 340 g/mol. The van der Waals surface area contributed by atoms with Crippen LogP contribution in [-0.4, -0.2) is 10.9 Å². The van der Waals surface area contributed by atoms with E-state index in [9.17, 15) is 0 Å². The van der Waals surface area contributed by atoms with Crippen molar-refractivity contribution < 1.29 is 0 Å². The lowest BCUT2D eigenvalue weighted by atomic mass is 9.95. The zero-order valence-electron chi connectivity index (χ0n) is 14.5. The number of guanidine groups is 1. The minimum atomic E-state index is 0.0720. The molecule has 126 valence electrons. The van der Waals surface area contributed by atoms with Crippen molar-refractivity contribution in [2.45, 2.75) is 51.9 Å². The summed E-state index contributed by atoms with van der Waals surface area (Å²) in [6, 6.07) is 6.85. The minimum Gasteiger partial charge on any atom is -0.370 e. The molecule has 1 saturated carbocycles. The molecule has 0 radical (unpaired) electrons. The normalized spacial score (nSPS) is 23.8. The Labute approximate surface area is 147 Å². The average molecular weight is 340 g/mol. The van der Waals surface area contributed by atoms with Crippen molar-refractivity contribution in [3.05, 3.63) is 45.5 Å². The van der Waals surface area contributed by atoms with Crippen LogP contribution in [0.25, 0.3) is 0 Å². The lowest BCUT2D eigenvalue weighted by molar-refractivity contribution is 0.597. The first-order valence-electron chi connectivity index (χ1n) is 8.57. The minimum absolute atomic E-state index is 0.0720. The highest BCUT2D eigenvalue weighted by molar-refractivity contribution is 7.15. The first-order valence-corrected chi connectivity index (χ1v) is 9.39. The number of aliphatic imine (C=N–C) groups is 1. The lowest BCUT2D eigenvalue weighted by Gasteiger charge is -2.09. The van der Waals surface area contributed by atoms with Crippen molar-refractivity contribution in [2.24, 2.45) is 21.9 Å². The van der Waals surface area contributed by atoms with Gasteiger partial charge in [-0.15, -0.1) is 0 Å². The van der Waals surface area contributed by atoms with Crippen LogP contribution in [0.3, 0.4) is 0 Å². The average Bonchev–Trinajstić information content (AvgIpc) is 2.86. The maximum atomic E-state index is 5.50. The fourth-order valence-corrected chi connectivity index (χ4v) is 5.36. The molecule has 2 atom stereocenters. The van der Waals surface area contributed by atoms with Gasteiger partial charge in [0.05, 0.1) is 5.69 Å². The highest BCUT2D eigenvalue weighted by Crippen LogP contribution is 2.71. The second kappa shape index (κ2) is 5.31. The summed E-state index contributed by atoms with van der Waals surface area (Å²) in [5.41, 5.74) is 17.1. The highest BCUT2D eigenvalue weighted by Gasteiger charge is 2.61. The van der Waals surface area contributed by atoms with Crippen LogP contribution in [-0.2, 0) is 12.8 Å². The summed E-state index contributed by atoms with van der Waals surface area (Å²) in [5, 5.41) is 0.669. The summed E-state index contributed by atoms with van der Waals surface area (Å²) < 4.78 is 0. The van der Waals surface area contributed by atoms with Gasteiger partial charge in [0.1, 0.15) is 0 Å². The molecule has 0 amide bonds. The Morgan fingerprint density at radius 1 is 1.25 bits per heavy atom. The van der Waals surface area contributed by atoms with Crippen molar-refractivity contribution >= 4 is 22.4 Å². The first kappa shape index (κ1) is 15.6. The third kappa shape index (κ3) is 2.34. The molecule has 1 aromatic carbocycles. The van der Waals surface area contributed by atoms with Gasteiger partial charge in [0.15, 0.2) is 5.96 Å². The van der Waals surface area contributed by atoms with Crippen LogP contribution in [0.5, 0.6) is 0 Å². The number of rotatable bonds is 3. The zero-order valence-corrected chi connectivity index (χ0v) is 15.3. The fourth-order valence-electron chi connectivity index (χ4n) is 4.51. The standard InChI is InChI=1S/C19H24N4S/c1-10-16(22-18(24-10)23-17(20)21)15-14(19(15,2)3)13-9-5-7-11-6-4-8-12(11)13/h5,7,9,14-15H,4,6,8H2,1-3H3,(H4,20,21,22,23)/t14-,15+/m1/s1. The van der Waals surface area contributed by atoms with Gasteiger partial charge in [-0.3, -0.25) is 0 Å². The van der Waals surface area contributed by atoms with E-state index in [0.29, 0.717) is 17.0 Å². The van der Waals surface area contributed by atoms with Crippen molar-refractivity contribution in [1.29, 1.82) is 0 Å². The first-order chi connectivity index (χ1) is 11.4. The summed E-state index contributed by atoms with van der Waals surface area (Å²) in [6.45, 7) is 6.84. The molecule has 0 aliphatic heterocycles. The molecule has 2 aliphatic rings. The van der Waals surface area contributed by atoms with Gasteiger partial charge in [-0.25, -0.2) is 4.98 Å². The van der Waals surface area contributed by atoms with Crippen molar-refractivity contribution in [3.8, 4) is 0 Å². The molecule has 4 rings (SSSR count). The molecule has 1 aromatic heterocycles. The predicted molar refractivity (Wildman–Crippen MR) is 100 cm³/mol. The number of thiazole rings is 1. The molecule has 1 heterocycles. The van der Waals surface area contributed by atoms with Gasteiger partial charge < -0.3 is 11.5 Å². The third-order valence-electron chi connectivity index (χ3n) is 5.69. The van der Waals surface area contributed by atoms with E-state index in [4.69, 9.17) is 16.5 Å². The molecule has 5 heteroatoms. The van der Waals surface area contributed by atoms with Gasteiger partial charge >= 0.3 is 0 Å². The van der Waals surface area contributed by atoms with Gasteiger partial charge in [0.25, 0.3) is 0 Å². The maximum absolute atomic E-state index is 5.50. The third-order valence-corrected chi connectivity index (χ3v) is 6.57. The Hall–Kier alpha value is -1.88. The van der Waals surface area contributed by atoms with Crippen molar-refractivity contribution in [2.75, 3.05) is 0 Å². The van der Waals surface area contributed by atoms with Gasteiger partial charge in [-0.05, 0) is 54.2 Å². The van der Waals surface area contributed by atoms with E-state index in [1.165, 1.54) is 35.4 Å². The molecule has 1 fully saturated rings. The molecule has 4 nitrogen and oxygen atoms in total. The number of nitrogens with two attached hydrogens (primary N) is 2. The Morgan fingerprint density at radius 2 is 2.04 bits per heavy atom. The summed E-state index contributed by atoms with van der Waals surface area (Å²) >= 11 is 1.58. The molecule has 4 N–H and O–H groups in total. The summed E-state index contributed by atoms with van der Waals surface area (Å²) in [4.78, 5) is 10.1. The second-order valence-electron chi connectivity index (χ2n) is 7.59. The number of fused-ring (bicyclic) bond motifs is 1. The topological polar surface area (TPSA) is 77.3 Å². The molecule has 24 heavy (non-hydrogen) atoms. The Balaban J connectivity index is 1.72. The van der Waals surface area contributed by atoms with Crippen LogP contribution in [0.4, 0.5) is 5.13 Å². The number of aryl methyl sites for hydroxylation is 2. The van der Waals surface area contributed by atoms with E-state index >= 15 is 0 Å². The van der Waals surface area contributed by atoms with Crippen LogP contribution < -0.4 is 11.5 Å². The number of benzene rings is 1. The van der Waals surface area contributed by atoms with E-state index in [1.807, 2.05) is 0 Å². The molecule has 0 bridgehead atoms. The summed E-state index contributed by atoms with van der Waals surface area (Å²) in [5.74, 6) is 1.06. The zero-order chi connectivity index (χ0) is 17.1. The van der Waals surface area contributed by atoms with Crippen molar-refractivity contribution in [1.82, 2.24) is 4.98 Å². The maximum Gasteiger partial charge on any atom is 0.212 e. The Morgan fingerprint density at radius 3 is 2.79 bits per heavy atom. The van der Waals surface area contributed by atoms with E-state index in [0.717, 1.165) is 0 Å². The number of aromatic nitrogens is 1. The second-order valence-corrected chi connectivity index (χ2v) is 8.77. The molecular formula is C19H24N4S. The Kier molecular flexibility index (Phi) is 3.46. The molecule has 0 unspecified atom stereocenters. The van der Waals surface area contributed by atoms with Crippen LogP contribution in [0.2, 0.25) is 0 Å². The van der Waals surface area contributed by atoms with Gasteiger partial charge in [0.2, 0.25) is 5.13 Å². The van der Waals surface area contributed by atoms with E-state index in [2.05, 4.69) is 44.0 Å². The quantitative estimate of drug-likeness (QED) is 0.660. The summed E-state index contributed by atoms with van der Waals surface area (Å²) in [7, 11) is 0. The van der Waals surface area contributed by atoms with Gasteiger partial charge in [-0.2, -0.15) is 4.99 Å². The van der Waals surface area contributed by atoms with Crippen molar-refractivity contribution in [3.63, 3.8) is 0 Å². The van der Waals surface area contributed by atoms with E-state index in [-0.39, 0.29) is 11.4 Å². The molecule has 0 saturated heterocycles. The van der Waals surface area contributed by atoms with Crippen LogP contribution in [0.1, 0.15) is 59.4 Å². The highest BCUT2D eigenvalue weighted by atomic mass is 32.1. The molecule has 2 aromatic rings. The van der Waals surface area contributed by atoms with Crippen LogP contribution in [0, 0.1) is 12.3 Å². The predicted octanol–water partition coefficient (Wildman–Crippen LogP) is 3.75. The summed E-state index contributed by atoms with van der Waals surface area (Å²) in [6.07, 6.45) is 3.74. The number of hydrogen-bond donors (Lipinski definition) is 2.